The minimum atomic E-state index is -0.0492. The van der Waals surface area contributed by atoms with Crippen molar-refractivity contribution >= 4 is 0 Å². The van der Waals surface area contributed by atoms with Crippen molar-refractivity contribution in [1.82, 2.24) is 0 Å². The molecule has 0 spiro atoms. The maximum absolute atomic E-state index is 7.03. The standard InChI is InChI=1S/C20H30O/c1-13-7-15-9-19(13,11-17(15,3)4)21-20-10-16(8-14(20)2)18(5,6)12-20/h15-16H,1-2,7-12H2,3-6H3. The summed E-state index contributed by atoms with van der Waals surface area (Å²) in [4.78, 5) is 0. The quantitative estimate of drug-likeness (QED) is 0.628. The third-order valence-corrected chi connectivity index (χ3v) is 7.51. The van der Waals surface area contributed by atoms with Gasteiger partial charge in [-0.3, -0.25) is 0 Å². The van der Waals surface area contributed by atoms with E-state index in [1.165, 1.54) is 36.8 Å². The van der Waals surface area contributed by atoms with Crippen LogP contribution in [0.3, 0.4) is 0 Å². The van der Waals surface area contributed by atoms with Crippen LogP contribution in [0.2, 0.25) is 0 Å². The molecule has 1 nitrogen and oxygen atoms in total. The molecule has 116 valence electrons. The monoisotopic (exact) mass is 286 g/mol. The fraction of sp³-hybridized carbons (Fsp3) is 0.800. The second kappa shape index (κ2) is 3.67. The molecule has 0 aliphatic heterocycles. The average molecular weight is 286 g/mol. The highest BCUT2D eigenvalue weighted by molar-refractivity contribution is 5.33. The van der Waals surface area contributed by atoms with Gasteiger partial charge >= 0.3 is 0 Å². The van der Waals surface area contributed by atoms with Gasteiger partial charge in [-0.1, -0.05) is 40.9 Å². The molecule has 0 radical (unpaired) electrons. The van der Waals surface area contributed by atoms with Crippen molar-refractivity contribution in [2.24, 2.45) is 22.7 Å². The Morgan fingerprint density at radius 1 is 0.810 bits per heavy atom. The van der Waals surface area contributed by atoms with Crippen molar-refractivity contribution in [3.63, 3.8) is 0 Å². The normalized spacial score (nSPS) is 49.3. The van der Waals surface area contributed by atoms with Crippen molar-refractivity contribution < 1.29 is 4.74 Å². The fourth-order valence-electron chi connectivity index (χ4n) is 6.13. The van der Waals surface area contributed by atoms with E-state index in [4.69, 9.17) is 4.74 Å². The van der Waals surface area contributed by atoms with Gasteiger partial charge in [0.15, 0.2) is 0 Å². The molecular weight excluding hydrogens is 256 g/mol. The lowest BCUT2D eigenvalue weighted by atomic mass is 9.72. The summed E-state index contributed by atoms with van der Waals surface area (Å²) < 4.78 is 7.03. The molecule has 4 unspecified atom stereocenters. The van der Waals surface area contributed by atoms with Crippen molar-refractivity contribution in [2.75, 3.05) is 0 Å². The Hall–Kier alpha value is -0.560. The van der Waals surface area contributed by atoms with Crippen LogP contribution < -0.4 is 0 Å². The summed E-state index contributed by atoms with van der Waals surface area (Å²) in [5.41, 5.74) is 3.44. The van der Waals surface area contributed by atoms with E-state index in [0.29, 0.717) is 10.8 Å². The lowest BCUT2D eigenvalue weighted by Gasteiger charge is -2.44. The largest absolute Gasteiger partial charge is 0.360 e. The zero-order valence-corrected chi connectivity index (χ0v) is 14.2. The summed E-state index contributed by atoms with van der Waals surface area (Å²) in [6.07, 6.45) is 7.04. The van der Waals surface area contributed by atoms with Gasteiger partial charge in [0.2, 0.25) is 0 Å². The molecule has 0 N–H and O–H groups in total. The highest BCUT2D eigenvalue weighted by atomic mass is 16.5. The molecule has 4 saturated carbocycles. The number of hydrogen-bond acceptors (Lipinski definition) is 1. The second-order valence-electron chi connectivity index (χ2n) is 9.84. The number of hydrogen-bond donors (Lipinski definition) is 0. The summed E-state index contributed by atoms with van der Waals surface area (Å²) in [5, 5.41) is 0. The number of ether oxygens (including phenoxy) is 1. The first-order chi connectivity index (χ1) is 9.59. The summed E-state index contributed by atoms with van der Waals surface area (Å²) in [6.45, 7) is 18.5. The van der Waals surface area contributed by atoms with E-state index in [-0.39, 0.29) is 11.2 Å². The predicted octanol–water partition coefficient (Wildman–Crippen LogP) is 5.27. The Bertz CT molecular complexity index is 492. The molecule has 0 saturated heterocycles. The van der Waals surface area contributed by atoms with Gasteiger partial charge in [0.1, 0.15) is 0 Å². The van der Waals surface area contributed by atoms with Crippen LogP contribution in [0.5, 0.6) is 0 Å². The summed E-state index contributed by atoms with van der Waals surface area (Å²) in [7, 11) is 0. The molecule has 4 atom stereocenters. The first kappa shape index (κ1) is 14.1. The van der Waals surface area contributed by atoms with Gasteiger partial charge in [-0.05, 0) is 72.3 Å². The molecule has 0 aromatic heterocycles. The van der Waals surface area contributed by atoms with Gasteiger partial charge in [-0.2, -0.15) is 0 Å². The van der Waals surface area contributed by atoms with Gasteiger partial charge in [0.05, 0.1) is 11.2 Å². The van der Waals surface area contributed by atoms with Crippen molar-refractivity contribution in [3.05, 3.63) is 24.3 Å². The van der Waals surface area contributed by atoms with Crippen molar-refractivity contribution in [1.29, 1.82) is 0 Å². The molecule has 0 aromatic rings. The highest BCUT2D eigenvalue weighted by Crippen LogP contribution is 2.67. The molecule has 4 bridgehead atoms. The maximum Gasteiger partial charge on any atom is 0.0909 e. The Balaban J connectivity index is 1.67. The molecule has 4 rings (SSSR count). The molecule has 21 heavy (non-hydrogen) atoms. The predicted molar refractivity (Wildman–Crippen MR) is 87.1 cm³/mol. The van der Waals surface area contributed by atoms with Gasteiger partial charge in [-0.15, -0.1) is 0 Å². The Labute approximate surface area is 129 Å². The molecule has 0 aromatic carbocycles. The van der Waals surface area contributed by atoms with Crippen LogP contribution in [0.1, 0.15) is 66.2 Å². The molecule has 1 heteroatoms. The van der Waals surface area contributed by atoms with E-state index in [2.05, 4.69) is 40.9 Å². The van der Waals surface area contributed by atoms with Crippen LogP contribution in [-0.2, 0) is 4.74 Å². The first-order valence-corrected chi connectivity index (χ1v) is 8.65. The smallest absolute Gasteiger partial charge is 0.0909 e. The molecular formula is C20H30O. The second-order valence-corrected chi connectivity index (χ2v) is 9.84. The van der Waals surface area contributed by atoms with Gasteiger partial charge in [0.25, 0.3) is 0 Å². The van der Waals surface area contributed by atoms with Crippen LogP contribution in [0, 0.1) is 22.7 Å². The Morgan fingerprint density at radius 2 is 1.19 bits per heavy atom. The van der Waals surface area contributed by atoms with Crippen LogP contribution in [-0.4, -0.2) is 11.2 Å². The van der Waals surface area contributed by atoms with Gasteiger partial charge in [-0.25, -0.2) is 0 Å². The maximum atomic E-state index is 7.03. The van der Waals surface area contributed by atoms with E-state index in [0.717, 1.165) is 24.7 Å². The van der Waals surface area contributed by atoms with Gasteiger partial charge < -0.3 is 4.74 Å². The zero-order chi connectivity index (χ0) is 15.3. The van der Waals surface area contributed by atoms with E-state index < -0.39 is 0 Å². The Kier molecular flexibility index (Phi) is 2.46. The topological polar surface area (TPSA) is 9.23 Å². The van der Waals surface area contributed by atoms with Crippen LogP contribution in [0.25, 0.3) is 0 Å². The minimum absolute atomic E-state index is 0.0492. The molecule has 0 heterocycles. The third-order valence-electron chi connectivity index (χ3n) is 7.51. The molecule has 4 fully saturated rings. The SMILES string of the molecule is C=C1CC2CC1(OC13CC(CC1=C)C(C)(C)C3)CC2(C)C. The van der Waals surface area contributed by atoms with E-state index in [1.54, 1.807) is 0 Å². The summed E-state index contributed by atoms with van der Waals surface area (Å²) in [5.74, 6) is 1.53. The van der Waals surface area contributed by atoms with Crippen LogP contribution in [0.15, 0.2) is 24.3 Å². The lowest BCUT2D eigenvalue weighted by Crippen LogP contribution is -2.44. The van der Waals surface area contributed by atoms with E-state index in [9.17, 15) is 0 Å². The number of rotatable bonds is 2. The minimum Gasteiger partial charge on any atom is -0.360 e. The fourth-order valence-corrected chi connectivity index (χ4v) is 6.13. The first-order valence-electron chi connectivity index (χ1n) is 8.65. The molecule has 4 aliphatic carbocycles. The zero-order valence-electron chi connectivity index (χ0n) is 14.2. The van der Waals surface area contributed by atoms with Crippen molar-refractivity contribution in [3.8, 4) is 0 Å². The number of fused-ring (bicyclic) bond motifs is 4. The Morgan fingerprint density at radius 3 is 1.48 bits per heavy atom. The van der Waals surface area contributed by atoms with Crippen LogP contribution >= 0.6 is 0 Å². The third kappa shape index (κ3) is 1.67. The van der Waals surface area contributed by atoms with E-state index >= 15 is 0 Å². The lowest BCUT2D eigenvalue weighted by molar-refractivity contribution is -0.117. The molecule has 4 aliphatic rings. The molecule has 0 amide bonds. The van der Waals surface area contributed by atoms with Crippen LogP contribution in [0.4, 0.5) is 0 Å². The average Bonchev–Trinajstić information content (AvgIpc) is 2.93. The van der Waals surface area contributed by atoms with E-state index in [1.807, 2.05) is 0 Å². The summed E-state index contributed by atoms with van der Waals surface area (Å²) >= 11 is 0. The van der Waals surface area contributed by atoms with Gasteiger partial charge in [0, 0.05) is 0 Å². The highest BCUT2D eigenvalue weighted by Gasteiger charge is 2.64. The summed E-state index contributed by atoms with van der Waals surface area (Å²) in [6, 6.07) is 0. The van der Waals surface area contributed by atoms with Crippen molar-refractivity contribution in [2.45, 2.75) is 77.4 Å².